The minimum atomic E-state index is -0.428. The van der Waals surface area contributed by atoms with Crippen LogP contribution in [-0.4, -0.2) is 6.54 Å². The van der Waals surface area contributed by atoms with Gasteiger partial charge >= 0.3 is 0 Å². The summed E-state index contributed by atoms with van der Waals surface area (Å²) in [4.78, 5) is 0. The van der Waals surface area contributed by atoms with E-state index in [2.05, 4.69) is 11.4 Å². The molecule has 0 radical (unpaired) electrons. The summed E-state index contributed by atoms with van der Waals surface area (Å²) in [5.74, 6) is -0.825. The van der Waals surface area contributed by atoms with Gasteiger partial charge in [-0.25, -0.2) is 8.78 Å². The SMILES string of the molecule is N#CCCCCNCc1cc(F)ccc1F. The van der Waals surface area contributed by atoms with Gasteiger partial charge in [-0.05, 0) is 37.6 Å². The molecule has 0 heterocycles. The number of nitriles is 1. The number of hydrogen-bond donors (Lipinski definition) is 1. The van der Waals surface area contributed by atoms with Crippen LogP contribution in [0.15, 0.2) is 18.2 Å². The van der Waals surface area contributed by atoms with Crippen LogP contribution in [0.4, 0.5) is 8.78 Å². The first-order chi connectivity index (χ1) is 7.74. The molecule has 0 atom stereocenters. The molecular weight excluding hydrogens is 210 g/mol. The van der Waals surface area contributed by atoms with Gasteiger partial charge in [-0.15, -0.1) is 0 Å². The molecule has 1 N–H and O–H groups in total. The Morgan fingerprint density at radius 1 is 1.25 bits per heavy atom. The van der Waals surface area contributed by atoms with E-state index >= 15 is 0 Å². The first-order valence-electron chi connectivity index (χ1n) is 5.25. The summed E-state index contributed by atoms with van der Waals surface area (Å²) in [6, 6.07) is 5.48. The van der Waals surface area contributed by atoms with E-state index in [0.29, 0.717) is 25.1 Å². The van der Waals surface area contributed by atoms with Crippen molar-refractivity contribution in [3.8, 4) is 6.07 Å². The van der Waals surface area contributed by atoms with Crippen molar-refractivity contribution in [1.29, 1.82) is 5.26 Å². The monoisotopic (exact) mass is 224 g/mol. The summed E-state index contributed by atoms with van der Waals surface area (Å²) in [7, 11) is 0. The smallest absolute Gasteiger partial charge is 0.127 e. The Kier molecular flexibility index (Phi) is 5.44. The van der Waals surface area contributed by atoms with E-state index in [0.717, 1.165) is 25.0 Å². The van der Waals surface area contributed by atoms with E-state index in [1.54, 1.807) is 0 Å². The van der Waals surface area contributed by atoms with E-state index in [-0.39, 0.29) is 0 Å². The van der Waals surface area contributed by atoms with E-state index < -0.39 is 11.6 Å². The highest BCUT2D eigenvalue weighted by Crippen LogP contribution is 2.09. The van der Waals surface area contributed by atoms with Gasteiger partial charge in [0, 0.05) is 18.5 Å². The minimum absolute atomic E-state index is 0.316. The van der Waals surface area contributed by atoms with Crippen molar-refractivity contribution in [2.75, 3.05) is 6.54 Å². The Hall–Kier alpha value is -1.47. The number of unbranched alkanes of at least 4 members (excludes halogenated alkanes) is 2. The molecule has 0 amide bonds. The van der Waals surface area contributed by atoms with E-state index in [4.69, 9.17) is 5.26 Å². The maximum Gasteiger partial charge on any atom is 0.127 e. The predicted molar refractivity (Wildman–Crippen MR) is 57.5 cm³/mol. The summed E-state index contributed by atoms with van der Waals surface area (Å²) in [6.07, 6.45) is 2.23. The molecule has 1 aromatic rings. The van der Waals surface area contributed by atoms with Gasteiger partial charge in [-0.1, -0.05) is 0 Å². The number of nitrogens with one attached hydrogen (secondary N) is 1. The van der Waals surface area contributed by atoms with E-state index in [9.17, 15) is 8.78 Å². The lowest BCUT2D eigenvalue weighted by molar-refractivity contribution is 0.561. The van der Waals surface area contributed by atoms with Crippen LogP contribution < -0.4 is 5.32 Å². The highest BCUT2D eigenvalue weighted by Gasteiger charge is 2.02. The van der Waals surface area contributed by atoms with E-state index in [1.165, 1.54) is 6.07 Å². The summed E-state index contributed by atoms with van der Waals surface area (Å²) in [5.41, 5.74) is 0.334. The van der Waals surface area contributed by atoms with Crippen molar-refractivity contribution in [1.82, 2.24) is 5.32 Å². The quantitative estimate of drug-likeness (QED) is 0.754. The number of halogens is 2. The van der Waals surface area contributed by atoms with E-state index in [1.807, 2.05) is 0 Å². The Bertz CT molecular complexity index is 372. The standard InChI is InChI=1S/C12H14F2N2/c13-11-4-5-12(14)10(8-11)9-16-7-3-1-2-6-15/h4-5,8,16H,1-3,7,9H2. The third-order valence-electron chi connectivity index (χ3n) is 2.22. The third-order valence-corrected chi connectivity index (χ3v) is 2.22. The summed E-state index contributed by atoms with van der Waals surface area (Å²) in [5, 5.41) is 11.3. The lowest BCUT2D eigenvalue weighted by atomic mass is 10.2. The highest BCUT2D eigenvalue weighted by molar-refractivity contribution is 5.18. The average Bonchev–Trinajstić information content (AvgIpc) is 2.28. The van der Waals surface area contributed by atoms with Crippen LogP contribution in [-0.2, 0) is 6.54 Å². The van der Waals surface area contributed by atoms with Crippen molar-refractivity contribution < 1.29 is 8.78 Å². The normalized spacial score (nSPS) is 10.1. The van der Waals surface area contributed by atoms with Gasteiger partial charge in [0.2, 0.25) is 0 Å². The number of benzene rings is 1. The maximum absolute atomic E-state index is 13.1. The molecule has 0 saturated carbocycles. The number of hydrogen-bond acceptors (Lipinski definition) is 2. The Labute approximate surface area is 93.9 Å². The van der Waals surface area contributed by atoms with Crippen LogP contribution in [0.1, 0.15) is 24.8 Å². The average molecular weight is 224 g/mol. The molecule has 0 unspecified atom stereocenters. The maximum atomic E-state index is 13.1. The highest BCUT2D eigenvalue weighted by atomic mass is 19.1. The van der Waals surface area contributed by atoms with Gasteiger partial charge in [-0.3, -0.25) is 0 Å². The zero-order valence-electron chi connectivity index (χ0n) is 8.97. The Morgan fingerprint density at radius 2 is 2.06 bits per heavy atom. The van der Waals surface area contributed by atoms with Gasteiger partial charge in [-0.2, -0.15) is 5.26 Å². The topological polar surface area (TPSA) is 35.8 Å². The first kappa shape index (κ1) is 12.6. The molecule has 0 bridgehead atoms. The van der Waals surface area contributed by atoms with Crippen LogP contribution in [0.2, 0.25) is 0 Å². The van der Waals surface area contributed by atoms with Crippen molar-refractivity contribution in [2.24, 2.45) is 0 Å². The van der Waals surface area contributed by atoms with Crippen LogP contribution in [0.3, 0.4) is 0 Å². The number of nitrogens with zero attached hydrogens (tertiary/aromatic N) is 1. The fourth-order valence-electron chi connectivity index (χ4n) is 1.36. The molecule has 0 spiro atoms. The van der Waals surface area contributed by atoms with Gasteiger partial charge < -0.3 is 5.32 Å². The van der Waals surface area contributed by atoms with Crippen LogP contribution in [0, 0.1) is 23.0 Å². The van der Waals surface area contributed by atoms with Crippen molar-refractivity contribution in [3.63, 3.8) is 0 Å². The summed E-state index contributed by atoms with van der Waals surface area (Å²) >= 11 is 0. The van der Waals surface area contributed by atoms with Crippen LogP contribution in [0.25, 0.3) is 0 Å². The lowest BCUT2D eigenvalue weighted by Gasteiger charge is -2.05. The van der Waals surface area contributed by atoms with Gasteiger partial charge in [0.05, 0.1) is 6.07 Å². The predicted octanol–water partition coefficient (Wildman–Crippen LogP) is 2.75. The van der Waals surface area contributed by atoms with Crippen LogP contribution >= 0.6 is 0 Å². The largest absolute Gasteiger partial charge is 0.313 e. The van der Waals surface area contributed by atoms with Crippen molar-refractivity contribution in [3.05, 3.63) is 35.4 Å². The second-order valence-corrected chi connectivity index (χ2v) is 3.53. The second kappa shape index (κ2) is 6.91. The molecule has 0 aliphatic heterocycles. The molecular formula is C12H14F2N2. The summed E-state index contributed by atoms with van der Waals surface area (Å²) < 4.78 is 25.9. The number of rotatable bonds is 6. The molecule has 0 aromatic heterocycles. The minimum Gasteiger partial charge on any atom is -0.313 e. The second-order valence-electron chi connectivity index (χ2n) is 3.53. The lowest BCUT2D eigenvalue weighted by Crippen LogP contribution is -2.15. The zero-order valence-corrected chi connectivity index (χ0v) is 8.97. The van der Waals surface area contributed by atoms with Crippen molar-refractivity contribution in [2.45, 2.75) is 25.8 Å². The molecule has 1 aromatic carbocycles. The molecule has 2 nitrogen and oxygen atoms in total. The first-order valence-corrected chi connectivity index (χ1v) is 5.25. The van der Waals surface area contributed by atoms with Gasteiger partial charge in [0.15, 0.2) is 0 Å². The molecule has 0 aliphatic carbocycles. The Balaban J connectivity index is 2.27. The summed E-state index contributed by atoms with van der Waals surface area (Å²) in [6.45, 7) is 1.02. The molecule has 4 heteroatoms. The van der Waals surface area contributed by atoms with Gasteiger partial charge in [0.25, 0.3) is 0 Å². The molecule has 0 saturated heterocycles. The third kappa shape index (κ3) is 4.37. The van der Waals surface area contributed by atoms with Crippen molar-refractivity contribution >= 4 is 0 Å². The molecule has 86 valence electrons. The molecule has 16 heavy (non-hydrogen) atoms. The fourth-order valence-corrected chi connectivity index (χ4v) is 1.36. The fraction of sp³-hybridized carbons (Fsp3) is 0.417. The Morgan fingerprint density at radius 3 is 2.81 bits per heavy atom. The zero-order chi connectivity index (χ0) is 11.8. The molecule has 1 rings (SSSR count). The molecule has 0 aliphatic rings. The molecule has 0 fully saturated rings. The van der Waals surface area contributed by atoms with Crippen LogP contribution in [0.5, 0.6) is 0 Å². The van der Waals surface area contributed by atoms with Gasteiger partial charge in [0.1, 0.15) is 11.6 Å².